The van der Waals surface area contributed by atoms with Crippen molar-refractivity contribution in [2.75, 3.05) is 16.8 Å². The number of nitrogen functional groups attached to an aromatic ring is 2. The van der Waals surface area contributed by atoms with Gasteiger partial charge < -0.3 is 16.8 Å². The van der Waals surface area contributed by atoms with E-state index in [1.165, 1.54) is 0 Å². The van der Waals surface area contributed by atoms with Gasteiger partial charge in [-0.25, -0.2) is 9.97 Å². The van der Waals surface area contributed by atoms with Gasteiger partial charge in [-0.1, -0.05) is 23.9 Å². The number of anilines is 4. The Labute approximate surface area is 165 Å². The van der Waals surface area contributed by atoms with Gasteiger partial charge in [0.2, 0.25) is 0 Å². The van der Waals surface area contributed by atoms with Crippen LogP contribution in [-0.2, 0) is 0 Å². The van der Waals surface area contributed by atoms with E-state index in [9.17, 15) is 0 Å². The van der Waals surface area contributed by atoms with Crippen LogP contribution < -0.4 is 16.8 Å². The lowest BCUT2D eigenvalue weighted by molar-refractivity contribution is 1.21. The zero-order valence-corrected chi connectivity index (χ0v) is 15.4. The smallest absolute Gasteiger partial charge is 0.141 e. The highest BCUT2D eigenvalue weighted by molar-refractivity contribution is 7.99. The Morgan fingerprint density at radius 3 is 1.93 bits per heavy atom. The summed E-state index contributed by atoms with van der Waals surface area (Å²) in [6.45, 7) is 0. The first-order valence-corrected chi connectivity index (χ1v) is 9.36. The molecule has 0 bridgehead atoms. The van der Waals surface area contributed by atoms with Crippen molar-refractivity contribution in [3.8, 4) is 22.5 Å². The van der Waals surface area contributed by atoms with Crippen LogP contribution in [0.2, 0.25) is 0 Å². The molecule has 0 aliphatic carbocycles. The van der Waals surface area contributed by atoms with E-state index in [0.717, 1.165) is 43.7 Å². The third-order valence-corrected chi connectivity index (χ3v) is 5.52. The van der Waals surface area contributed by atoms with Crippen molar-refractivity contribution in [1.82, 2.24) is 19.9 Å². The van der Waals surface area contributed by atoms with Crippen LogP contribution in [0.15, 0.2) is 71.0 Å². The van der Waals surface area contributed by atoms with Crippen molar-refractivity contribution in [2.24, 2.45) is 0 Å². The third kappa shape index (κ3) is 2.99. The van der Waals surface area contributed by atoms with E-state index in [-0.39, 0.29) is 0 Å². The van der Waals surface area contributed by atoms with Gasteiger partial charge in [-0.2, -0.15) is 0 Å². The normalized spacial score (nSPS) is 12.0. The average Bonchev–Trinajstić information content (AvgIpc) is 2.72. The van der Waals surface area contributed by atoms with E-state index >= 15 is 0 Å². The van der Waals surface area contributed by atoms with Crippen LogP contribution in [0.1, 0.15) is 0 Å². The zero-order chi connectivity index (χ0) is 19.1. The van der Waals surface area contributed by atoms with E-state index in [1.54, 1.807) is 36.5 Å². The summed E-state index contributed by atoms with van der Waals surface area (Å²) in [6, 6.07) is 12.4. The quantitative estimate of drug-likeness (QED) is 0.418. The largest absolute Gasteiger partial charge is 0.382 e. The Balaban J connectivity index is 1.47. The Morgan fingerprint density at radius 1 is 0.643 bits per heavy atom. The molecule has 4 aromatic rings. The molecular formula is C20H15N7S. The summed E-state index contributed by atoms with van der Waals surface area (Å²) >= 11 is 1.71. The number of nitrogens with zero attached hydrogens (tertiary/aromatic N) is 4. The number of hydrogen-bond donors (Lipinski definition) is 3. The maximum Gasteiger partial charge on any atom is 0.141 e. The standard InChI is InChI=1S/C20H15N7S/c21-19-9-23-15(7-25-19)11-2-4-17-14(5-11)27-13-3-1-12(6-18(13)28-17)16-8-26-20(22)10-24-16/h1-10,27H,(H2,21,25)(H2,22,26). The molecule has 2 aromatic carbocycles. The van der Waals surface area contributed by atoms with Gasteiger partial charge in [-0.3, -0.25) is 9.97 Å². The minimum Gasteiger partial charge on any atom is -0.382 e. The molecule has 0 spiro atoms. The lowest BCUT2D eigenvalue weighted by Gasteiger charge is -2.22. The first-order valence-electron chi connectivity index (χ1n) is 8.54. The zero-order valence-electron chi connectivity index (χ0n) is 14.6. The third-order valence-electron chi connectivity index (χ3n) is 4.39. The van der Waals surface area contributed by atoms with E-state index in [4.69, 9.17) is 11.5 Å². The van der Waals surface area contributed by atoms with Gasteiger partial charge in [-0.15, -0.1) is 0 Å². The Morgan fingerprint density at radius 2 is 1.29 bits per heavy atom. The Hall–Kier alpha value is -3.65. The SMILES string of the molecule is Nc1cnc(-c2ccc3c(c2)Nc2ccc(-c4cnc(N)cn4)cc2S3)cn1. The predicted octanol–water partition coefficient (Wildman–Crippen LogP) is 3.97. The minimum absolute atomic E-state index is 0.408. The summed E-state index contributed by atoms with van der Waals surface area (Å²) in [5.74, 6) is 0.819. The van der Waals surface area contributed by atoms with Gasteiger partial charge >= 0.3 is 0 Å². The number of aromatic nitrogens is 4. The summed E-state index contributed by atoms with van der Waals surface area (Å²) in [7, 11) is 0. The van der Waals surface area contributed by atoms with Crippen LogP contribution in [0.25, 0.3) is 22.5 Å². The fourth-order valence-corrected chi connectivity index (χ4v) is 3.99. The molecule has 0 atom stereocenters. The summed E-state index contributed by atoms with van der Waals surface area (Å²) in [5.41, 5.74) is 16.9. The maximum absolute atomic E-state index is 5.63. The second-order valence-electron chi connectivity index (χ2n) is 6.30. The Kier molecular flexibility index (Phi) is 3.84. The molecule has 0 fully saturated rings. The van der Waals surface area contributed by atoms with Gasteiger partial charge in [-0.05, 0) is 24.3 Å². The Bertz CT molecular complexity index is 1080. The molecule has 0 saturated heterocycles. The first kappa shape index (κ1) is 16.5. The number of benzene rings is 2. The molecule has 7 nitrogen and oxygen atoms in total. The minimum atomic E-state index is 0.408. The molecule has 136 valence electrons. The van der Waals surface area contributed by atoms with Crippen molar-refractivity contribution in [2.45, 2.75) is 9.79 Å². The van der Waals surface area contributed by atoms with E-state index in [0.29, 0.717) is 11.6 Å². The van der Waals surface area contributed by atoms with Crippen LogP contribution in [0.4, 0.5) is 23.0 Å². The van der Waals surface area contributed by atoms with E-state index < -0.39 is 0 Å². The van der Waals surface area contributed by atoms with Crippen molar-refractivity contribution in [3.63, 3.8) is 0 Å². The van der Waals surface area contributed by atoms with Gasteiger partial charge in [0.15, 0.2) is 0 Å². The molecule has 3 heterocycles. The van der Waals surface area contributed by atoms with Crippen LogP contribution >= 0.6 is 11.8 Å². The molecule has 0 radical (unpaired) electrons. The summed E-state index contributed by atoms with van der Waals surface area (Å²) in [4.78, 5) is 19.2. The molecule has 1 aliphatic heterocycles. The van der Waals surface area contributed by atoms with Gasteiger partial charge in [0, 0.05) is 20.9 Å². The highest BCUT2D eigenvalue weighted by Gasteiger charge is 2.17. The van der Waals surface area contributed by atoms with Crippen LogP contribution in [0.5, 0.6) is 0 Å². The lowest BCUT2D eigenvalue weighted by atomic mass is 10.1. The van der Waals surface area contributed by atoms with Crippen molar-refractivity contribution in [3.05, 3.63) is 61.2 Å². The van der Waals surface area contributed by atoms with Crippen LogP contribution in [0.3, 0.4) is 0 Å². The summed E-state index contributed by atoms with van der Waals surface area (Å²) in [5, 5.41) is 3.50. The molecule has 1 aliphatic rings. The van der Waals surface area contributed by atoms with Crippen LogP contribution in [0, 0.1) is 0 Å². The second-order valence-corrected chi connectivity index (χ2v) is 7.39. The molecule has 0 saturated carbocycles. The molecule has 2 aromatic heterocycles. The average molecular weight is 385 g/mol. The molecule has 5 rings (SSSR count). The number of hydrogen-bond acceptors (Lipinski definition) is 8. The van der Waals surface area contributed by atoms with Crippen molar-refractivity contribution < 1.29 is 0 Å². The highest BCUT2D eigenvalue weighted by atomic mass is 32.2. The molecule has 8 heteroatoms. The predicted molar refractivity (Wildman–Crippen MR) is 111 cm³/mol. The number of nitrogens with two attached hydrogens (primary N) is 2. The molecule has 0 amide bonds. The van der Waals surface area contributed by atoms with E-state index in [2.05, 4.69) is 43.5 Å². The maximum atomic E-state index is 5.63. The molecule has 5 N–H and O–H groups in total. The fraction of sp³-hybridized carbons (Fsp3) is 0. The number of nitrogens with one attached hydrogen (secondary N) is 1. The van der Waals surface area contributed by atoms with Crippen LogP contribution in [-0.4, -0.2) is 19.9 Å². The van der Waals surface area contributed by atoms with Gasteiger partial charge in [0.1, 0.15) is 11.6 Å². The summed E-state index contributed by atoms with van der Waals surface area (Å²) < 4.78 is 0. The van der Waals surface area contributed by atoms with E-state index in [1.807, 2.05) is 18.2 Å². The van der Waals surface area contributed by atoms with Crippen molar-refractivity contribution >= 4 is 34.8 Å². The first-order chi connectivity index (χ1) is 13.7. The monoisotopic (exact) mass is 385 g/mol. The summed E-state index contributed by atoms with van der Waals surface area (Å²) in [6.07, 6.45) is 6.50. The second kappa shape index (κ2) is 6.50. The molecular weight excluding hydrogens is 370 g/mol. The number of rotatable bonds is 2. The van der Waals surface area contributed by atoms with Gasteiger partial charge in [0.25, 0.3) is 0 Å². The van der Waals surface area contributed by atoms with Crippen molar-refractivity contribution in [1.29, 1.82) is 0 Å². The highest BCUT2D eigenvalue weighted by Crippen LogP contribution is 2.46. The fourth-order valence-electron chi connectivity index (χ4n) is 2.98. The number of fused-ring (bicyclic) bond motifs is 2. The molecule has 28 heavy (non-hydrogen) atoms. The molecule has 0 unspecified atom stereocenters. The lowest BCUT2D eigenvalue weighted by Crippen LogP contribution is -2.01. The topological polar surface area (TPSA) is 116 Å². The van der Waals surface area contributed by atoms with Gasteiger partial charge in [0.05, 0.1) is 47.6 Å².